The van der Waals surface area contributed by atoms with E-state index >= 15 is 0 Å². The molecule has 0 bridgehead atoms. The van der Waals surface area contributed by atoms with Crippen molar-refractivity contribution < 1.29 is 9.90 Å². The highest BCUT2D eigenvalue weighted by Gasteiger charge is 2.35. The number of phenols is 1. The smallest absolute Gasteiger partial charge is 0.254 e. The SMILES string of the molecule is CN1C(=O)c2ccccc2C1CCC(c1ccc(Cl)c(Cl)c1)N1CCC(c2ccc(O)cc2)CC1.Cl. The van der Waals surface area contributed by atoms with E-state index in [-0.39, 0.29) is 30.4 Å². The van der Waals surface area contributed by atoms with Crippen molar-refractivity contribution in [3.8, 4) is 5.75 Å². The first-order valence-electron chi connectivity index (χ1n) is 12.3. The minimum atomic E-state index is 0. The molecule has 1 fully saturated rings. The molecule has 3 aromatic carbocycles. The largest absolute Gasteiger partial charge is 0.508 e. The second-order valence-corrected chi connectivity index (χ2v) is 10.5. The van der Waals surface area contributed by atoms with Gasteiger partial charge in [-0.1, -0.05) is 59.6 Å². The highest BCUT2D eigenvalue weighted by molar-refractivity contribution is 6.42. The maximum Gasteiger partial charge on any atom is 0.254 e. The number of aromatic hydroxyl groups is 1. The molecule has 2 aliphatic rings. The molecule has 2 atom stereocenters. The van der Waals surface area contributed by atoms with Crippen molar-refractivity contribution in [2.45, 2.75) is 43.7 Å². The molecule has 2 aliphatic heterocycles. The lowest BCUT2D eigenvalue weighted by Crippen LogP contribution is -2.36. The Labute approximate surface area is 229 Å². The molecule has 0 aliphatic carbocycles. The number of carbonyl (C=O) groups is 1. The van der Waals surface area contributed by atoms with Crippen LogP contribution in [-0.4, -0.2) is 41.0 Å². The van der Waals surface area contributed by atoms with Gasteiger partial charge in [0, 0.05) is 18.7 Å². The van der Waals surface area contributed by atoms with Crippen LogP contribution in [0.2, 0.25) is 10.0 Å². The lowest BCUT2D eigenvalue weighted by Gasteiger charge is -2.39. The normalized spacial score (nSPS) is 19.1. The summed E-state index contributed by atoms with van der Waals surface area (Å²) in [6, 6.07) is 21.8. The third-order valence-corrected chi connectivity index (χ3v) is 8.45. The number of hydrogen-bond acceptors (Lipinski definition) is 3. The van der Waals surface area contributed by atoms with Crippen LogP contribution in [0, 0.1) is 0 Å². The van der Waals surface area contributed by atoms with Crippen LogP contribution in [0.5, 0.6) is 5.75 Å². The summed E-state index contributed by atoms with van der Waals surface area (Å²) in [5.41, 5.74) is 4.40. The van der Waals surface area contributed by atoms with Crippen LogP contribution in [0.3, 0.4) is 0 Å². The van der Waals surface area contributed by atoms with E-state index in [4.69, 9.17) is 23.2 Å². The van der Waals surface area contributed by atoms with Crippen molar-refractivity contribution in [1.82, 2.24) is 9.80 Å². The van der Waals surface area contributed by atoms with Crippen molar-refractivity contribution >= 4 is 41.5 Å². The summed E-state index contributed by atoms with van der Waals surface area (Å²) in [6.07, 6.45) is 3.92. The number of phenolic OH excluding ortho intramolecular Hbond substituents is 1. The molecule has 4 nitrogen and oxygen atoms in total. The van der Waals surface area contributed by atoms with Gasteiger partial charge in [0.2, 0.25) is 0 Å². The van der Waals surface area contributed by atoms with E-state index in [1.807, 2.05) is 54.4 Å². The number of likely N-dealkylation sites (tertiary alicyclic amines) is 1. The fraction of sp³-hybridized carbons (Fsp3) is 0.345. The Bertz CT molecular complexity index is 1210. The molecule has 2 unspecified atom stereocenters. The Morgan fingerprint density at radius 3 is 2.36 bits per heavy atom. The van der Waals surface area contributed by atoms with Crippen LogP contribution < -0.4 is 0 Å². The minimum Gasteiger partial charge on any atom is -0.508 e. The van der Waals surface area contributed by atoms with Crippen LogP contribution in [-0.2, 0) is 0 Å². The number of rotatable bonds is 6. The molecule has 2 heterocycles. The first-order valence-corrected chi connectivity index (χ1v) is 13.0. The van der Waals surface area contributed by atoms with Gasteiger partial charge < -0.3 is 10.0 Å². The number of benzene rings is 3. The van der Waals surface area contributed by atoms with Crippen LogP contribution in [0.1, 0.15) is 70.7 Å². The number of halogens is 3. The highest BCUT2D eigenvalue weighted by atomic mass is 35.5. The molecule has 1 saturated heterocycles. The molecule has 1 N–H and O–H groups in total. The average molecular weight is 546 g/mol. The molecule has 0 spiro atoms. The van der Waals surface area contributed by atoms with Gasteiger partial charge in [0.15, 0.2) is 0 Å². The van der Waals surface area contributed by atoms with Crippen molar-refractivity contribution in [3.63, 3.8) is 0 Å². The fourth-order valence-electron chi connectivity index (χ4n) is 5.76. The molecule has 0 radical (unpaired) electrons. The second-order valence-electron chi connectivity index (χ2n) is 9.69. The third kappa shape index (κ3) is 5.38. The van der Waals surface area contributed by atoms with Gasteiger partial charge in [-0.05, 0) is 91.7 Å². The first kappa shape index (κ1) is 26.8. The number of carbonyl (C=O) groups excluding carboxylic acids is 1. The van der Waals surface area contributed by atoms with Crippen LogP contribution in [0.25, 0.3) is 0 Å². The molecule has 7 heteroatoms. The molecule has 0 aromatic heterocycles. The quantitative estimate of drug-likeness (QED) is 0.346. The molecule has 36 heavy (non-hydrogen) atoms. The number of hydrogen-bond donors (Lipinski definition) is 1. The van der Waals surface area contributed by atoms with Gasteiger partial charge in [-0.3, -0.25) is 9.69 Å². The summed E-state index contributed by atoms with van der Waals surface area (Å²) in [6.45, 7) is 1.96. The summed E-state index contributed by atoms with van der Waals surface area (Å²) < 4.78 is 0. The van der Waals surface area contributed by atoms with Crippen LogP contribution >= 0.6 is 35.6 Å². The highest BCUT2D eigenvalue weighted by Crippen LogP contribution is 2.41. The number of nitrogens with zero attached hydrogens (tertiary/aromatic N) is 2. The minimum absolute atomic E-state index is 0. The molecular formula is C29H31Cl3N2O2. The maximum absolute atomic E-state index is 12.8. The van der Waals surface area contributed by atoms with Gasteiger partial charge in [-0.15, -0.1) is 12.4 Å². The molecule has 0 saturated carbocycles. The zero-order valence-corrected chi connectivity index (χ0v) is 22.6. The summed E-state index contributed by atoms with van der Waals surface area (Å²) >= 11 is 12.7. The van der Waals surface area contributed by atoms with Gasteiger partial charge >= 0.3 is 0 Å². The average Bonchev–Trinajstić information content (AvgIpc) is 3.12. The fourth-order valence-corrected chi connectivity index (χ4v) is 6.06. The van der Waals surface area contributed by atoms with E-state index in [0.717, 1.165) is 49.9 Å². The van der Waals surface area contributed by atoms with Crippen molar-refractivity contribution in [1.29, 1.82) is 0 Å². The topological polar surface area (TPSA) is 43.8 Å². The summed E-state index contributed by atoms with van der Waals surface area (Å²) in [7, 11) is 1.91. The Kier molecular flexibility index (Phi) is 8.52. The zero-order valence-electron chi connectivity index (χ0n) is 20.2. The van der Waals surface area contributed by atoms with Gasteiger partial charge in [0.25, 0.3) is 5.91 Å². The van der Waals surface area contributed by atoms with Crippen molar-refractivity contribution in [3.05, 3.63) is 99.0 Å². The predicted octanol–water partition coefficient (Wildman–Crippen LogP) is 7.65. The molecule has 190 valence electrons. The molecule has 5 rings (SSSR count). The number of fused-ring (bicyclic) bond motifs is 1. The molecule has 3 aromatic rings. The molecular weight excluding hydrogens is 515 g/mol. The second kappa shape index (κ2) is 11.4. The first-order chi connectivity index (χ1) is 16.9. The van der Waals surface area contributed by atoms with Gasteiger partial charge in [0.05, 0.1) is 16.1 Å². The predicted molar refractivity (Wildman–Crippen MR) is 149 cm³/mol. The van der Waals surface area contributed by atoms with E-state index in [1.165, 1.54) is 11.1 Å². The Morgan fingerprint density at radius 2 is 1.67 bits per heavy atom. The molecule has 1 amide bonds. The Morgan fingerprint density at radius 1 is 0.972 bits per heavy atom. The standard InChI is InChI=1S/C29H30Cl2N2O2.ClH/c1-32-28(23-4-2-3-5-24(23)29(32)35)13-12-27(21-8-11-25(30)26(31)18-21)33-16-14-20(15-17-33)19-6-9-22(34)10-7-19;/h2-11,18,20,27-28,34H,12-17H2,1H3;1H. The lowest BCUT2D eigenvalue weighted by atomic mass is 9.87. The summed E-state index contributed by atoms with van der Waals surface area (Å²) in [4.78, 5) is 17.2. The lowest BCUT2D eigenvalue weighted by molar-refractivity contribution is 0.0751. The monoisotopic (exact) mass is 544 g/mol. The summed E-state index contributed by atoms with van der Waals surface area (Å²) in [5.74, 6) is 0.904. The van der Waals surface area contributed by atoms with Crippen molar-refractivity contribution in [2.75, 3.05) is 20.1 Å². The van der Waals surface area contributed by atoms with Gasteiger partial charge in [-0.2, -0.15) is 0 Å². The number of piperidine rings is 1. The van der Waals surface area contributed by atoms with E-state index in [1.54, 1.807) is 12.1 Å². The Balaban J connectivity index is 0.00000304. The van der Waals surface area contributed by atoms with E-state index in [0.29, 0.717) is 21.7 Å². The zero-order chi connectivity index (χ0) is 24.5. The van der Waals surface area contributed by atoms with E-state index in [9.17, 15) is 9.90 Å². The van der Waals surface area contributed by atoms with E-state index < -0.39 is 0 Å². The van der Waals surface area contributed by atoms with Crippen LogP contribution in [0.4, 0.5) is 0 Å². The van der Waals surface area contributed by atoms with Crippen molar-refractivity contribution in [2.24, 2.45) is 0 Å². The Hall–Kier alpha value is -2.24. The van der Waals surface area contributed by atoms with Gasteiger partial charge in [-0.25, -0.2) is 0 Å². The number of amides is 1. The summed E-state index contributed by atoms with van der Waals surface area (Å²) in [5, 5.41) is 10.8. The third-order valence-electron chi connectivity index (χ3n) is 7.71. The van der Waals surface area contributed by atoms with Gasteiger partial charge in [0.1, 0.15) is 5.75 Å². The van der Waals surface area contributed by atoms with E-state index in [2.05, 4.69) is 17.0 Å². The van der Waals surface area contributed by atoms with Crippen LogP contribution in [0.15, 0.2) is 66.7 Å². The maximum atomic E-state index is 12.8.